The highest BCUT2D eigenvalue weighted by Gasteiger charge is 2.20. The summed E-state index contributed by atoms with van der Waals surface area (Å²) in [6.07, 6.45) is 0. The van der Waals surface area contributed by atoms with Crippen LogP contribution in [-0.4, -0.2) is 26.4 Å². The maximum atomic E-state index is 13.2. The number of primary amides is 1. The third-order valence-electron chi connectivity index (χ3n) is 2.06. The van der Waals surface area contributed by atoms with Crippen molar-refractivity contribution in [1.82, 2.24) is 15.4 Å². The first kappa shape index (κ1) is 11.3. The van der Waals surface area contributed by atoms with Crippen LogP contribution in [0.15, 0.2) is 12.1 Å². The van der Waals surface area contributed by atoms with Gasteiger partial charge in [0.05, 0.1) is 10.6 Å². The normalized spacial score (nSPS) is 10.5. The molecule has 0 aliphatic carbocycles. The Morgan fingerprint density at radius 1 is 1.47 bits per heavy atom. The number of phenolic OH excluding ortho intramolecular Hbond substituents is 1. The quantitative estimate of drug-likeness (QED) is 0.747. The molecule has 8 heteroatoms. The van der Waals surface area contributed by atoms with Crippen molar-refractivity contribution in [3.05, 3.63) is 28.7 Å². The van der Waals surface area contributed by atoms with Crippen molar-refractivity contribution >= 4 is 17.5 Å². The van der Waals surface area contributed by atoms with E-state index in [4.69, 9.17) is 17.3 Å². The van der Waals surface area contributed by atoms with Crippen LogP contribution in [0, 0.1) is 5.82 Å². The van der Waals surface area contributed by atoms with Crippen molar-refractivity contribution in [3.8, 4) is 17.0 Å². The molecule has 1 aromatic carbocycles. The second-order valence-electron chi connectivity index (χ2n) is 3.17. The summed E-state index contributed by atoms with van der Waals surface area (Å²) >= 11 is 5.60. The smallest absolute Gasteiger partial charge is 0.271 e. The van der Waals surface area contributed by atoms with Crippen molar-refractivity contribution in [2.45, 2.75) is 0 Å². The maximum absolute atomic E-state index is 13.2. The van der Waals surface area contributed by atoms with E-state index in [1.54, 1.807) is 0 Å². The Bertz CT molecular complexity index is 599. The van der Waals surface area contributed by atoms with Gasteiger partial charge in [0.25, 0.3) is 5.91 Å². The fraction of sp³-hybridized carbons (Fsp3) is 0. The Kier molecular flexibility index (Phi) is 2.68. The zero-order valence-corrected chi connectivity index (χ0v) is 8.99. The van der Waals surface area contributed by atoms with Crippen LogP contribution in [0.25, 0.3) is 11.3 Å². The lowest BCUT2D eigenvalue weighted by atomic mass is 10.1. The van der Waals surface area contributed by atoms with Gasteiger partial charge in [-0.3, -0.25) is 4.79 Å². The molecule has 1 amide bonds. The Morgan fingerprint density at radius 3 is 2.82 bits per heavy atom. The number of hydrogen-bond acceptors (Lipinski definition) is 4. The van der Waals surface area contributed by atoms with Crippen LogP contribution in [0.4, 0.5) is 4.39 Å². The molecule has 0 aliphatic rings. The van der Waals surface area contributed by atoms with Crippen LogP contribution in [0.3, 0.4) is 0 Å². The topological polar surface area (TPSA) is 105 Å². The van der Waals surface area contributed by atoms with Gasteiger partial charge < -0.3 is 10.8 Å². The molecule has 0 saturated heterocycles. The Balaban J connectivity index is 2.68. The molecule has 0 bridgehead atoms. The maximum Gasteiger partial charge on any atom is 0.271 e. The SMILES string of the molecule is NC(=O)c1n[nH]nc1-c1cc(F)cc(Cl)c1O. The van der Waals surface area contributed by atoms with Gasteiger partial charge in [0.15, 0.2) is 5.69 Å². The second kappa shape index (κ2) is 4.02. The molecule has 1 heterocycles. The van der Waals surface area contributed by atoms with E-state index in [0.717, 1.165) is 12.1 Å². The number of aromatic amines is 1. The van der Waals surface area contributed by atoms with Crippen molar-refractivity contribution in [2.24, 2.45) is 5.73 Å². The molecule has 0 unspecified atom stereocenters. The van der Waals surface area contributed by atoms with E-state index in [9.17, 15) is 14.3 Å². The van der Waals surface area contributed by atoms with E-state index in [1.807, 2.05) is 0 Å². The number of amides is 1. The Hall–Kier alpha value is -2.15. The summed E-state index contributed by atoms with van der Waals surface area (Å²) in [6.45, 7) is 0. The van der Waals surface area contributed by atoms with Gasteiger partial charge in [-0.1, -0.05) is 11.6 Å². The summed E-state index contributed by atoms with van der Waals surface area (Å²) in [5.41, 5.74) is 4.73. The number of nitrogens with one attached hydrogen (secondary N) is 1. The number of benzene rings is 1. The van der Waals surface area contributed by atoms with Crippen LogP contribution in [-0.2, 0) is 0 Å². The summed E-state index contributed by atoms with van der Waals surface area (Å²) in [5.74, 6) is -1.93. The van der Waals surface area contributed by atoms with E-state index in [1.165, 1.54) is 0 Å². The van der Waals surface area contributed by atoms with Gasteiger partial charge in [-0.05, 0) is 12.1 Å². The number of hydrogen-bond donors (Lipinski definition) is 3. The van der Waals surface area contributed by atoms with Crippen molar-refractivity contribution in [3.63, 3.8) is 0 Å². The predicted octanol–water partition coefficient (Wildman–Crippen LogP) is 1.07. The van der Waals surface area contributed by atoms with Gasteiger partial charge in [0, 0.05) is 0 Å². The number of aromatic hydroxyl groups is 1. The highest BCUT2D eigenvalue weighted by Crippen LogP contribution is 2.35. The fourth-order valence-electron chi connectivity index (χ4n) is 1.34. The van der Waals surface area contributed by atoms with Gasteiger partial charge >= 0.3 is 0 Å². The van der Waals surface area contributed by atoms with E-state index in [2.05, 4.69) is 15.4 Å². The monoisotopic (exact) mass is 256 g/mol. The molecule has 0 fully saturated rings. The highest BCUT2D eigenvalue weighted by atomic mass is 35.5. The number of aromatic nitrogens is 3. The van der Waals surface area contributed by atoms with Crippen molar-refractivity contribution < 1.29 is 14.3 Å². The summed E-state index contributed by atoms with van der Waals surface area (Å²) in [5, 5.41) is 18.8. The molecule has 88 valence electrons. The molecule has 1 aromatic heterocycles. The van der Waals surface area contributed by atoms with E-state index in [-0.39, 0.29) is 22.0 Å². The summed E-state index contributed by atoms with van der Waals surface area (Å²) < 4.78 is 13.2. The molecule has 0 aliphatic heterocycles. The summed E-state index contributed by atoms with van der Waals surface area (Å²) in [4.78, 5) is 11.0. The van der Waals surface area contributed by atoms with Crippen LogP contribution >= 0.6 is 11.6 Å². The zero-order chi connectivity index (χ0) is 12.6. The van der Waals surface area contributed by atoms with Gasteiger partial charge in [0.2, 0.25) is 0 Å². The van der Waals surface area contributed by atoms with E-state index in [0.29, 0.717) is 0 Å². The third kappa shape index (κ3) is 1.92. The number of H-pyrrole nitrogens is 1. The lowest BCUT2D eigenvalue weighted by Gasteiger charge is -2.04. The first-order chi connectivity index (χ1) is 8.00. The third-order valence-corrected chi connectivity index (χ3v) is 2.35. The largest absolute Gasteiger partial charge is 0.506 e. The number of rotatable bonds is 2. The standard InChI is InChI=1S/C9H6ClFN4O2/c10-5-2-3(11)1-4(8(5)16)6-7(9(12)17)14-15-13-6/h1-2,16H,(H2,12,17)(H,13,14,15). The zero-order valence-electron chi connectivity index (χ0n) is 8.24. The first-order valence-electron chi connectivity index (χ1n) is 4.39. The molecule has 0 atom stereocenters. The molecule has 6 nitrogen and oxygen atoms in total. The molecule has 4 N–H and O–H groups in total. The fourth-order valence-corrected chi connectivity index (χ4v) is 1.54. The molecule has 2 rings (SSSR count). The number of phenols is 1. The van der Waals surface area contributed by atoms with Crippen LogP contribution in [0.5, 0.6) is 5.75 Å². The van der Waals surface area contributed by atoms with Crippen LogP contribution < -0.4 is 5.73 Å². The van der Waals surface area contributed by atoms with Gasteiger partial charge in [-0.2, -0.15) is 15.4 Å². The average molecular weight is 257 g/mol. The molecule has 2 aromatic rings. The number of carbonyl (C=O) groups is 1. The van der Waals surface area contributed by atoms with Gasteiger partial charge in [-0.15, -0.1) is 0 Å². The average Bonchev–Trinajstić information content (AvgIpc) is 2.72. The van der Waals surface area contributed by atoms with Gasteiger partial charge in [-0.25, -0.2) is 4.39 Å². The first-order valence-corrected chi connectivity index (χ1v) is 4.77. The van der Waals surface area contributed by atoms with Crippen molar-refractivity contribution in [1.29, 1.82) is 0 Å². The lowest BCUT2D eigenvalue weighted by Crippen LogP contribution is -2.12. The number of nitrogens with two attached hydrogens (primary N) is 1. The van der Waals surface area contributed by atoms with Gasteiger partial charge in [0.1, 0.15) is 17.3 Å². The molecule has 17 heavy (non-hydrogen) atoms. The molecule has 0 spiro atoms. The molecule has 0 saturated carbocycles. The Labute approximate surface area is 99.2 Å². The summed E-state index contributed by atoms with van der Waals surface area (Å²) in [6, 6.07) is 1.91. The van der Waals surface area contributed by atoms with Crippen molar-refractivity contribution in [2.75, 3.05) is 0 Å². The summed E-state index contributed by atoms with van der Waals surface area (Å²) in [7, 11) is 0. The minimum absolute atomic E-state index is 0.0578. The predicted molar refractivity (Wildman–Crippen MR) is 57.0 cm³/mol. The number of halogens is 2. The Morgan fingerprint density at radius 2 is 2.18 bits per heavy atom. The molecular weight excluding hydrogens is 251 g/mol. The number of carbonyl (C=O) groups excluding carboxylic acids is 1. The highest BCUT2D eigenvalue weighted by molar-refractivity contribution is 6.32. The van der Waals surface area contributed by atoms with Crippen LogP contribution in [0.2, 0.25) is 5.02 Å². The lowest BCUT2D eigenvalue weighted by molar-refractivity contribution is 0.0996. The van der Waals surface area contributed by atoms with E-state index < -0.39 is 17.5 Å². The second-order valence-corrected chi connectivity index (χ2v) is 3.58. The molecular formula is C9H6ClFN4O2. The molecule has 0 radical (unpaired) electrons. The number of nitrogens with zero attached hydrogens (tertiary/aromatic N) is 2. The minimum atomic E-state index is -0.853. The van der Waals surface area contributed by atoms with Crippen LogP contribution in [0.1, 0.15) is 10.5 Å². The van der Waals surface area contributed by atoms with E-state index >= 15 is 0 Å². The minimum Gasteiger partial charge on any atom is -0.506 e.